The van der Waals surface area contributed by atoms with Crippen molar-refractivity contribution in [1.82, 2.24) is 5.32 Å². The van der Waals surface area contributed by atoms with Gasteiger partial charge < -0.3 is 15.5 Å². The van der Waals surface area contributed by atoms with Crippen LogP contribution in [-0.4, -0.2) is 32.1 Å². The van der Waals surface area contributed by atoms with Crippen molar-refractivity contribution >= 4 is 17.3 Å². The van der Waals surface area contributed by atoms with E-state index >= 15 is 0 Å². The van der Waals surface area contributed by atoms with E-state index in [1.165, 1.54) is 25.7 Å². The number of nitrogens with one attached hydrogen (secondary N) is 2. The summed E-state index contributed by atoms with van der Waals surface area (Å²) in [6.45, 7) is 1.74. The number of carbonyl (C=O) groups excluding carboxylic acids is 1. The molecular formula is C17H25N3O. The molecule has 0 radical (unpaired) electrons. The van der Waals surface area contributed by atoms with Crippen LogP contribution in [0, 0.1) is 5.92 Å². The molecule has 4 heteroatoms. The van der Waals surface area contributed by atoms with Crippen LogP contribution in [-0.2, 0) is 4.79 Å². The number of rotatable bonds is 4. The Hall–Kier alpha value is -1.55. The molecule has 1 unspecified atom stereocenters. The summed E-state index contributed by atoms with van der Waals surface area (Å²) in [5.41, 5.74) is 2.09. The van der Waals surface area contributed by atoms with Crippen molar-refractivity contribution in [1.29, 1.82) is 0 Å². The van der Waals surface area contributed by atoms with Gasteiger partial charge in [0.15, 0.2) is 0 Å². The molecule has 114 valence electrons. The van der Waals surface area contributed by atoms with Gasteiger partial charge in [-0.05, 0) is 37.9 Å². The number of benzene rings is 1. The van der Waals surface area contributed by atoms with Gasteiger partial charge >= 0.3 is 0 Å². The van der Waals surface area contributed by atoms with Crippen LogP contribution in [0.4, 0.5) is 11.4 Å². The van der Waals surface area contributed by atoms with Gasteiger partial charge in [-0.2, -0.15) is 0 Å². The molecule has 1 aliphatic heterocycles. The zero-order valence-corrected chi connectivity index (χ0v) is 12.8. The van der Waals surface area contributed by atoms with Crippen molar-refractivity contribution in [3.05, 3.63) is 24.3 Å². The molecule has 1 amide bonds. The molecule has 4 nitrogen and oxygen atoms in total. The molecule has 1 aromatic carbocycles. The Kier molecular flexibility index (Phi) is 4.44. The van der Waals surface area contributed by atoms with Gasteiger partial charge in [-0.25, -0.2) is 0 Å². The molecule has 1 saturated carbocycles. The molecule has 0 spiro atoms. The van der Waals surface area contributed by atoms with Gasteiger partial charge in [-0.3, -0.25) is 4.79 Å². The van der Waals surface area contributed by atoms with E-state index in [9.17, 15) is 4.79 Å². The van der Waals surface area contributed by atoms with Crippen LogP contribution in [0.5, 0.6) is 0 Å². The Bertz CT molecular complexity index is 491. The highest BCUT2D eigenvalue weighted by Gasteiger charge is 2.25. The van der Waals surface area contributed by atoms with E-state index in [-0.39, 0.29) is 11.8 Å². The fraction of sp³-hybridized carbons (Fsp3) is 0.588. The molecule has 0 aromatic heterocycles. The summed E-state index contributed by atoms with van der Waals surface area (Å²) in [4.78, 5) is 14.7. The van der Waals surface area contributed by atoms with Crippen LogP contribution in [0.15, 0.2) is 24.3 Å². The highest BCUT2D eigenvalue weighted by molar-refractivity contribution is 5.96. The molecule has 3 rings (SSSR count). The second-order valence-corrected chi connectivity index (χ2v) is 6.25. The van der Waals surface area contributed by atoms with E-state index in [1.54, 1.807) is 0 Å². The molecule has 21 heavy (non-hydrogen) atoms. The smallest absolute Gasteiger partial charge is 0.228 e. The Labute approximate surface area is 126 Å². The normalized spacial score (nSPS) is 22.4. The SMILES string of the molecule is CN(c1ccccc1NC(=O)C1CCNC1)C1CCCC1. The first kappa shape index (κ1) is 14.4. The Morgan fingerprint density at radius 2 is 2.00 bits per heavy atom. The number of hydrogen-bond acceptors (Lipinski definition) is 3. The van der Waals surface area contributed by atoms with E-state index in [0.29, 0.717) is 6.04 Å². The molecule has 1 aliphatic carbocycles. The van der Waals surface area contributed by atoms with Gasteiger partial charge in [0.1, 0.15) is 0 Å². The number of carbonyl (C=O) groups is 1. The zero-order valence-electron chi connectivity index (χ0n) is 12.8. The lowest BCUT2D eigenvalue weighted by Gasteiger charge is -2.29. The van der Waals surface area contributed by atoms with Crippen molar-refractivity contribution in [2.75, 3.05) is 30.4 Å². The molecule has 0 bridgehead atoms. The van der Waals surface area contributed by atoms with Gasteiger partial charge in [0.2, 0.25) is 5.91 Å². The Morgan fingerprint density at radius 3 is 2.71 bits per heavy atom. The van der Waals surface area contributed by atoms with Crippen LogP contribution < -0.4 is 15.5 Å². The van der Waals surface area contributed by atoms with Crippen molar-refractivity contribution < 1.29 is 4.79 Å². The maximum absolute atomic E-state index is 12.3. The zero-order chi connectivity index (χ0) is 14.7. The lowest BCUT2D eigenvalue weighted by Crippen LogP contribution is -2.31. The van der Waals surface area contributed by atoms with Crippen molar-refractivity contribution in [3.8, 4) is 0 Å². The molecule has 1 atom stereocenters. The summed E-state index contributed by atoms with van der Waals surface area (Å²) in [5, 5.41) is 6.39. The first-order chi connectivity index (χ1) is 10.3. The largest absolute Gasteiger partial charge is 0.370 e. The maximum Gasteiger partial charge on any atom is 0.228 e. The van der Waals surface area contributed by atoms with E-state index in [1.807, 2.05) is 18.2 Å². The molecule has 2 fully saturated rings. The van der Waals surface area contributed by atoms with Crippen LogP contribution >= 0.6 is 0 Å². The average Bonchev–Trinajstić information content (AvgIpc) is 3.20. The number of nitrogens with zero attached hydrogens (tertiary/aromatic N) is 1. The van der Waals surface area contributed by atoms with E-state index in [0.717, 1.165) is 30.9 Å². The molecule has 1 saturated heterocycles. The van der Waals surface area contributed by atoms with Gasteiger partial charge in [0, 0.05) is 19.6 Å². The molecule has 1 aromatic rings. The van der Waals surface area contributed by atoms with Gasteiger partial charge in [0.25, 0.3) is 0 Å². The predicted molar refractivity (Wildman–Crippen MR) is 86.7 cm³/mol. The number of para-hydroxylation sites is 2. The minimum absolute atomic E-state index is 0.106. The van der Waals surface area contributed by atoms with Gasteiger partial charge in [0.05, 0.1) is 17.3 Å². The fourth-order valence-corrected chi connectivity index (χ4v) is 3.49. The third-order valence-electron chi connectivity index (χ3n) is 4.85. The second kappa shape index (κ2) is 6.48. The maximum atomic E-state index is 12.3. The van der Waals surface area contributed by atoms with Gasteiger partial charge in [-0.15, -0.1) is 0 Å². The highest BCUT2D eigenvalue weighted by atomic mass is 16.1. The third kappa shape index (κ3) is 3.21. The summed E-state index contributed by atoms with van der Waals surface area (Å²) in [5.74, 6) is 0.252. The Morgan fingerprint density at radius 1 is 1.24 bits per heavy atom. The van der Waals surface area contributed by atoms with E-state index < -0.39 is 0 Å². The Balaban J connectivity index is 1.73. The summed E-state index contributed by atoms with van der Waals surface area (Å²) >= 11 is 0. The fourth-order valence-electron chi connectivity index (χ4n) is 3.49. The first-order valence-electron chi connectivity index (χ1n) is 8.09. The monoisotopic (exact) mass is 287 g/mol. The van der Waals surface area contributed by atoms with Crippen molar-refractivity contribution in [2.24, 2.45) is 5.92 Å². The first-order valence-corrected chi connectivity index (χ1v) is 8.09. The van der Waals surface area contributed by atoms with Crippen molar-refractivity contribution in [2.45, 2.75) is 38.1 Å². The minimum Gasteiger partial charge on any atom is -0.370 e. The molecule has 1 heterocycles. The second-order valence-electron chi connectivity index (χ2n) is 6.25. The summed E-state index contributed by atoms with van der Waals surface area (Å²) in [7, 11) is 2.15. The van der Waals surface area contributed by atoms with E-state index in [4.69, 9.17) is 0 Å². The number of amides is 1. The molecule has 2 N–H and O–H groups in total. The lowest BCUT2D eigenvalue weighted by molar-refractivity contribution is -0.119. The van der Waals surface area contributed by atoms with Crippen LogP contribution in [0.2, 0.25) is 0 Å². The summed E-state index contributed by atoms with van der Waals surface area (Å²) in [6.07, 6.45) is 6.08. The number of hydrogen-bond donors (Lipinski definition) is 2. The summed E-state index contributed by atoms with van der Waals surface area (Å²) < 4.78 is 0. The van der Waals surface area contributed by atoms with Crippen LogP contribution in [0.1, 0.15) is 32.1 Å². The lowest BCUT2D eigenvalue weighted by atomic mass is 10.1. The quantitative estimate of drug-likeness (QED) is 0.894. The highest BCUT2D eigenvalue weighted by Crippen LogP contribution is 2.32. The van der Waals surface area contributed by atoms with Gasteiger partial charge in [-0.1, -0.05) is 25.0 Å². The standard InChI is InChI=1S/C17H25N3O/c1-20(14-6-2-3-7-14)16-9-5-4-8-15(16)19-17(21)13-10-11-18-12-13/h4-5,8-9,13-14,18H,2-3,6-7,10-12H2,1H3,(H,19,21). The third-order valence-corrected chi connectivity index (χ3v) is 4.85. The van der Waals surface area contributed by atoms with Crippen LogP contribution in [0.25, 0.3) is 0 Å². The molecule has 2 aliphatic rings. The minimum atomic E-state index is 0.106. The van der Waals surface area contributed by atoms with Crippen LogP contribution in [0.3, 0.4) is 0 Å². The van der Waals surface area contributed by atoms with Crippen molar-refractivity contribution in [3.63, 3.8) is 0 Å². The topological polar surface area (TPSA) is 44.4 Å². The summed E-state index contributed by atoms with van der Waals surface area (Å²) in [6, 6.07) is 8.78. The molecular weight excluding hydrogens is 262 g/mol. The number of anilines is 2. The predicted octanol–water partition coefficient (Wildman–Crippen LogP) is 2.61. The average molecular weight is 287 g/mol. The van der Waals surface area contributed by atoms with E-state index in [2.05, 4.69) is 28.6 Å².